The highest BCUT2D eigenvalue weighted by Crippen LogP contribution is 2.49. The van der Waals surface area contributed by atoms with Gasteiger partial charge in [-0.2, -0.15) is 0 Å². The minimum Gasteiger partial charge on any atom is -0.476 e. The molecule has 4 rings (SSSR count). The van der Waals surface area contributed by atoms with Crippen molar-refractivity contribution < 1.29 is 33.6 Å². The predicted molar refractivity (Wildman–Crippen MR) is 183 cm³/mol. The number of ether oxygens (including phenoxy) is 4. The first-order chi connectivity index (χ1) is 21.9. The van der Waals surface area contributed by atoms with E-state index in [1.807, 2.05) is 77.8 Å². The van der Waals surface area contributed by atoms with E-state index in [-0.39, 0.29) is 36.6 Å². The second-order valence-electron chi connectivity index (χ2n) is 13.9. The van der Waals surface area contributed by atoms with Crippen LogP contribution in [0, 0.1) is 12.8 Å². The van der Waals surface area contributed by atoms with Gasteiger partial charge in [0.25, 0.3) is 0 Å². The molecule has 0 saturated carbocycles. The van der Waals surface area contributed by atoms with E-state index in [1.165, 1.54) is 4.90 Å². The summed E-state index contributed by atoms with van der Waals surface area (Å²) in [5.41, 5.74) is 0.935. The highest BCUT2D eigenvalue weighted by atomic mass is 35.5. The molecule has 2 fully saturated rings. The lowest BCUT2D eigenvalue weighted by Gasteiger charge is -2.44. The Balaban J connectivity index is 1.78. The molecule has 0 radical (unpaired) electrons. The summed E-state index contributed by atoms with van der Waals surface area (Å²) in [6.07, 6.45) is 3.69. The number of amides is 1. The number of fused-ring (bicyclic) bond motifs is 5. The summed E-state index contributed by atoms with van der Waals surface area (Å²) in [6, 6.07) is 3.48. The van der Waals surface area contributed by atoms with Crippen molar-refractivity contribution in [1.82, 2.24) is 10.2 Å². The van der Waals surface area contributed by atoms with Crippen molar-refractivity contribution in [1.29, 1.82) is 0 Å². The number of rotatable bonds is 5. The van der Waals surface area contributed by atoms with Crippen molar-refractivity contribution in [3.05, 3.63) is 64.5 Å². The van der Waals surface area contributed by atoms with Gasteiger partial charge in [0, 0.05) is 32.5 Å². The fourth-order valence-corrected chi connectivity index (χ4v) is 6.84. The van der Waals surface area contributed by atoms with Gasteiger partial charge in [-0.15, -0.1) is 0 Å². The highest BCUT2D eigenvalue weighted by Gasteiger charge is 2.64. The number of carbonyl (C=O) groups excluding carboxylic acids is 2. The monoisotopic (exact) mass is 673 g/mol. The van der Waals surface area contributed by atoms with Crippen molar-refractivity contribution in [2.24, 2.45) is 5.92 Å². The molecule has 3 heterocycles. The van der Waals surface area contributed by atoms with Crippen LogP contribution in [0.1, 0.15) is 65.5 Å². The summed E-state index contributed by atoms with van der Waals surface area (Å²) < 4.78 is 24.4. The maximum atomic E-state index is 14.0. The SMILES string of the molecule is C=C1N[C@]2(O)C[C@H](O1)[C@@H](C)[C@@H]1O[C@@]1(C)[C@@H](OC(=O)[C@H](C)N(C)C(C)C)CC(=O)N(C)c1cc(cc(C)c1Cl)C/C(C)=C/C=C/[C@H]2OC. The van der Waals surface area contributed by atoms with E-state index in [1.54, 1.807) is 27.2 Å². The summed E-state index contributed by atoms with van der Waals surface area (Å²) in [6.45, 7) is 17.5. The van der Waals surface area contributed by atoms with E-state index in [2.05, 4.69) is 11.9 Å². The Morgan fingerprint density at radius 2 is 1.96 bits per heavy atom. The number of epoxide rings is 1. The number of likely N-dealkylation sites (N-methyl/N-ethyl adjacent to an activating group) is 1. The predicted octanol–water partition coefficient (Wildman–Crippen LogP) is 5.05. The van der Waals surface area contributed by atoms with Crippen molar-refractivity contribution >= 4 is 29.2 Å². The third-order valence-corrected chi connectivity index (χ3v) is 10.5. The Bertz CT molecular complexity index is 1430. The molecule has 1 aromatic rings. The average molecular weight is 674 g/mol. The minimum absolute atomic E-state index is 0.103. The third kappa shape index (κ3) is 7.89. The van der Waals surface area contributed by atoms with Crippen LogP contribution in [0.5, 0.6) is 0 Å². The summed E-state index contributed by atoms with van der Waals surface area (Å²) >= 11 is 6.77. The van der Waals surface area contributed by atoms with Gasteiger partial charge in [-0.1, -0.05) is 48.4 Å². The lowest BCUT2D eigenvalue weighted by Crippen LogP contribution is -2.60. The summed E-state index contributed by atoms with van der Waals surface area (Å²) in [4.78, 5) is 31.0. The van der Waals surface area contributed by atoms with Crippen LogP contribution in [0.3, 0.4) is 0 Å². The van der Waals surface area contributed by atoms with Crippen LogP contribution in [0.25, 0.3) is 0 Å². The number of esters is 1. The van der Waals surface area contributed by atoms with Crippen LogP contribution >= 0.6 is 11.6 Å². The van der Waals surface area contributed by atoms with Crippen molar-refractivity contribution in [2.75, 3.05) is 26.1 Å². The molecule has 0 unspecified atom stereocenters. The Hall–Kier alpha value is -2.89. The van der Waals surface area contributed by atoms with Crippen LogP contribution in [0.2, 0.25) is 5.02 Å². The van der Waals surface area contributed by atoms with Crippen LogP contribution in [0.4, 0.5) is 5.69 Å². The number of allylic oxidation sites excluding steroid dienone is 3. The fourth-order valence-electron chi connectivity index (χ4n) is 6.60. The third-order valence-electron chi connectivity index (χ3n) is 10.0. The molecule has 1 aromatic carbocycles. The molecule has 4 bridgehead atoms. The van der Waals surface area contributed by atoms with E-state index in [4.69, 9.17) is 30.5 Å². The number of hydrogen-bond acceptors (Lipinski definition) is 9. The number of nitrogens with zero attached hydrogens (tertiary/aromatic N) is 2. The van der Waals surface area contributed by atoms with E-state index in [0.717, 1.165) is 16.7 Å². The largest absolute Gasteiger partial charge is 0.476 e. The number of aliphatic hydroxyl groups is 1. The van der Waals surface area contributed by atoms with Gasteiger partial charge >= 0.3 is 5.97 Å². The lowest BCUT2D eigenvalue weighted by molar-refractivity contribution is -0.160. The number of carbonyl (C=O) groups is 2. The number of hydrogen-bond donors (Lipinski definition) is 2. The maximum Gasteiger partial charge on any atom is 0.323 e. The zero-order valence-electron chi connectivity index (χ0n) is 29.4. The normalized spacial score (nSPS) is 34.1. The molecule has 0 aliphatic carbocycles. The Morgan fingerprint density at radius 3 is 2.60 bits per heavy atom. The van der Waals surface area contributed by atoms with Gasteiger partial charge in [0.15, 0.2) is 11.6 Å². The first kappa shape index (κ1) is 36.9. The van der Waals surface area contributed by atoms with Crippen molar-refractivity contribution in [2.45, 2.75) is 116 Å². The molecular formula is C36H52ClN3O7. The van der Waals surface area contributed by atoms with E-state index in [9.17, 15) is 14.7 Å². The van der Waals surface area contributed by atoms with Gasteiger partial charge in [0.1, 0.15) is 30.0 Å². The van der Waals surface area contributed by atoms with Crippen LogP contribution in [-0.4, -0.2) is 90.9 Å². The van der Waals surface area contributed by atoms with Crippen LogP contribution in [0.15, 0.2) is 48.4 Å². The number of aryl methyl sites for hydroxylation is 1. The van der Waals surface area contributed by atoms with E-state index >= 15 is 0 Å². The van der Waals surface area contributed by atoms with Crippen molar-refractivity contribution in [3.8, 4) is 0 Å². The summed E-state index contributed by atoms with van der Waals surface area (Å²) in [5, 5.41) is 15.3. The average Bonchev–Trinajstić information content (AvgIpc) is 3.70. The number of anilines is 1. The molecule has 0 aromatic heterocycles. The molecule has 2 saturated heterocycles. The summed E-state index contributed by atoms with van der Waals surface area (Å²) in [7, 11) is 5.09. The first-order valence-electron chi connectivity index (χ1n) is 16.3. The maximum absolute atomic E-state index is 14.0. The molecule has 0 spiro atoms. The Labute approximate surface area is 284 Å². The fraction of sp³-hybridized carbons (Fsp3) is 0.611. The number of nitrogens with one attached hydrogen (secondary N) is 1. The summed E-state index contributed by atoms with van der Waals surface area (Å²) in [5.74, 6) is -0.791. The molecule has 8 atom stereocenters. The Morgan fingerprint density at radius 1 is 1.28 bits per heavy atom. The quantitative estimate of drug-likeness (QED) is 0.328. The topological polar surface area (TPSA) is 113 Å². The van der Waals surface area contributed by atoms with Gasteiger partial charge in [0.2, 0.25) is 5.91 Å². The van der Waals surface area contributed by atoms with Crippen LogP contribution < -0.4 is 10.2 Å². The molecular weight excluding hydrogens is 622 g/mol. The van der Waals surface area contributed by atoms with Gasteiger partial charge in [-0.05, 0) is 78.8 Å². The molecule has 1 amide bonds. The second kappa shape index (κ2) is 14.3. The van der Waals surface area contributed by atoms with Gasteiger partial charge in [-0.3, -0.25) is 14.5 Å². The van der Waals surface area contributed by atoms with Gasteiger partial charge in [-0.25, -0.2) is 0 Å². The van der Waals surface area contributed by atoms with Gasteiger partial charge < -0.3 is 34.3 Å². The van der Waals surface area contributed by atoms with Crippen LogP contribution in [-0.2, 0) is 35.0 Å². The smallest absolute Gasteiger partial charge is 0.323 e. The van der Waals surface area contributed by atoms with Crippen molar-refractivity contribution in [3.63, 3.8) is 0 Å². The lowest BCUT2D eigenvalue weighted by atomic mass is 9.83. The molecule has 260 valence electrons. The number of methoxy groups -OCH3 is 1. The van der Waals surface area contributed by atoms with Gasteiger partial charge in [0.05, 0.1) is 23.2 Å². The highest BCUT2D eigenvalue weighted by molar-refractivity contribution is 6.34. The Kier molecular flexibility index (Phi) is 11.2. The zero-order valence-corrected chi connectivity index (χ0v) is 30.2. The number of benzene rings is 1. The second-order valence-corrected chi connectivity index (χ2v) is 14.3. The number of halogens is 1. The minimum atomic E-state index is -1.51. The zero-order chi connectivity index (χ0) is 35.0. The van der Waals surface area contributed by atoms with E-state index in [0.29, 0.717) is 17.1 Å². The molecule has 2 N–H and O–H groups in total. The molecule has 47 heavy (non-hydrogen) atoms. The molecule has 3 aliphatic heterocycles. The van der Waals surface area contributed by atoms with E-state index < -0.39 is 47.8 Å². The molecule has 11 heteroatoms. The standard InChI is InChI=1S/C36H52ClN3O7/c1-20(2)39(9)24(6)34(42)46-30-18-31(41)40(10)27-17-26(16-22(4)32(27)37)15-21(3)13-12-14-29(44-11)36(43)19-28(45-25(7)38-36)23(5)33-35(30,8)47-33/h12-14,16-17,20,23-24,28-30,33,38,43H,7,15,18-19H2,1-6,8-11H3/b14-12+,21-13+/t23-,24+,28+,29-,30+,33+,35+,36+/m1/s1. The molecule has 10 nitrogen and oxygen atoms in total. The first-order valence-corrected chi connectivity index (χ1v) is 16.7. The molecule has 3 aliphatic rings.